The van der Waals surface area contributed by atoms with Gasteiger partial charge in [0.15, 0.2) is 17.5 Å². The largest absolute Gasteiger partial charge is 0.455 e. The highest BCUT2D eigenvalue weighted by atomic mass is 16.3. The quantitative estimate of drug-likeness (QED) is 0.187. The van der Waals surface area contributed by atoms with Crippen molar-refractivity contribution in [3.05, 3.63) is 103 Å². The van der Waals surface area contributed by atoms with Crippen molar-refractivity contribution in [1.29, 1.82) is 0 Å². The van der Waals surface area contributed by atoms with Gasteiger partial charge >= 0.3 is 0 Å². The molecule has 0 atom stereocenters. The molecular formula is C45H17B10N3O. The highest BCUT2D eigenvalue weighted by Crippen LogP contribution is 2.42. The third-order valence-electron chi connectivity index (χ3n) is 11.3. The fourth-order valence-corrected chi connectivity index (χ4v) is 8.20. The second-order valence-corrected chi connectivity index (χ2v) is 14.5. The molecule has 4 nitrogen and oxygen atoms in total. The van der Waals surface area contributed by atoms with Gasteiger partial charge in [0.1, 0.15) is 89.6 Å². The molecule has 2 heterocycles. The maximum absolute atomic E-state index is 6.88. The van der Waals surface area contributed by atoms with Crippen LogP contribution in [0.15, 0.2) is 108 Å². The molecule has 0 saturated heterocycles. The van der Waals surface area contributed by atoms with Crippen LogP contribution >= 0.6 is 0 Å². The molecule has 0 bridgehead atoms. The van der Waals surface area contributed by atoms with E-state index in [-0.39, 0.29) is 83.2 Å². The highest BCUT2D eigenvalue weighted by molar-refractivity contribution is 6.70. The number of hydrogen-bond acceptors (Lipinski definition) is 4. The van der Waals surface area contributed by atoms with E-state index in [1.807, 2.05) is 30.3 Å². The number of benzene rings is 8. The molecule has 0 N–H and O–H groups in total. The molecule has 248 valence electrons. The Morgan fingerprint density at radius 2 is 0.661 bits per heavy atom. The lowest BCUT2D eigenvalue weighted by Gasteiger charge is -2.22. The molecule has 8 aromatic carbocycles. The lowest BCUT2D eigenvalue weighted by molar-refractivity contribution is 0.670. The number of rotatable bonds is 4. The number of nitrogens with zero attached hydrogens (tertiary/aromatic N) is 3. The van der Waals surface area contributed by atoms with Gasteiger partial charge in [-0.05, 0) is 50.0 Å². The van der Waals surface area contributed by atoms with Crippen LogP contribution in [-0.4, -0.2) is 93.4 Å². The second-order valence-electron chi connectivity index (χ2n) is 14.5. The Morgan fingerprint density at radius 3 is 1.14 bits per heavy atom. The zero-order valence-electron chi connectivity index (χ0n) is 31.3. The first-order valence-corrected chi connectivity index (χ1v) is 18.5. The molecule has 0 aliphatic carbocycles. The molecule has 0 unspecified atom stereocenters. The van der Waals surface area contributed by atoms with Crippen LogP contribution < -0.4 is 54.6 Å². The predicted molar refractivity (Wildman–Crippen MR) is 255 cm³/mol. The number of hydrogen-bond donors (Lipinski definition) is 0. The molecule has 10 rings (SSSR count). The van der Waals surface area contributed by atoms with Crippen molar-refractivity contribution >= 4 is 187 Å². The van der Waals surface area contributed by atoms with E-state index in [0.717, 1.165) is 27.3 Å². The predicted octanol–water partition coefficient (Wildman–Crippen LogP) is -0.163. The summed E-state index contributed by atoms with van der Waals surface area (Å²) in [5.74, 6) is 0.146. The second kappa shape index (κ2) is 13.8. The van der Waals surface area contributed by atoms with Gasteiger partial charge in [-0.1, -0.05) is 113 Å². The Balaban J connectivity index is 1.23. The molecule has 0 aliphatic heterocycles. The Kier molecular flexibility index (Phi) is 8.72. The average molecular weight is 724 g/mol. The van der Waals surface area contributed by atoms with Crippen LogP contribution in [0, 0.1) is 0 Å². The van der Waals surface area contributed by atoms with Crippen LogP contribution in [0.5, 0.6) is 0 Å². The van der Waals surface area contributed by atoms with Crippen LogP contribution in [0.25, 0.3) is 99.5 Å². The number of aromatic nitrogens is 3. The first kappa shape index (κ1) is 37.3. The van der Waals surface area contributed by atoms with Crippen molar-refractivity contribution < 1.29 is 4.42 Å². The SMILES string of the molecule is [B]c1c([B])c([B])c(-c2nc(-c3c([B])c([B])c([B])c([B])c3[B])nc(-c3cccc4c3oc3c(-c5ccc6c7ccccc7c7ccccc7c6c5)cccc34)n2)c([B])c1[B]. The Hall–Kier alpha value is -6.00. The monoisotopic (exact) mass is 725 g/mol. The molecule has 2 aromatic heterocycles. The summed E-state index contributed by atoms with van der Waals surface area (Å²) in [6, 6.07) is 35.3. The van der Waals surface area contributed by atoms with E-state index in [1.54, 1.807) is 0 Å². The summed E-state index contributed by atoms with van der Waals surface area (Å²) >= 11 is 0. The van der Waals surface area contributed by atoms with Crippen molar-refractivity contribution in [1.82, 2.24) is 15.0 Å². The molecular weight excluding hydrogens is 707 g/mol. The first-order valence-electron chi connectivity index (χ1n) is 18.5. The summed E-state index contributed by atoms with van der Waals surface area (Å²) in [7, 11) is 63.6. The van der Waals surface area contributed by atoms with Gasteiger partial charge in [0.05, 0.1) is 5.56 Å². The number of furan rings is 1. The summed E-state index contributed by atoms with van der Waals surface area (Å²) < 4.78 is 6.88. The smallest absolute Gasteiger partial charge is 0.167 e. The Labute approximate surface area is 353 Å². The van der Waals surface area contributed by atoms with Crippen LogP contribution in [0.2, 0.25) is 0 Å². The third-order valence-corrected chi connectivity index (χ3v) is 11.3. The lowest BCUT2D eigenvalue weighted by Crippen LogP contribution is -2.55. The third kappa shape index (κ3) is 5.55. The van der Waals surface area contributed by atoms with E-state index in [4.69, 9.17) is 97.8 Å². The molecule has 0 amide bonds. The van der Waals surface area contributed by atoms with Crippen molar-refractivity contribution in [2.75, 3.05) is 0 Å². The van der Waals surface area contributed by atoms with Gasteiger partial charge < -0.3 is 4.42 Å². The maximum Gasteiger partial charge on any atom is 0.167 e. The molecule has 0 aliphatic rings. The van der Waals surface area contributed by atoms with E-state index in [0.29, 0.717) is 16.7 Å². The minimum atomic E-state index is -0.00381. The van der Waals surface area contributed by atoms with E-state index >= 15 is 0 Å². The van der Waals surface area contributed by atoms with Gasteiger partial charge in [-0.15, -0.1) is 32.8 Å². The topological polar surface area (TPSA) is 51.8 Å². The van der Waals surface area contributed by atoms with Crippen molar-refractivity contribution in [2.45, 2.75) is 0 Å². The standard InChI is InChI=1S/C45H17B10N3O/c46-31-29(32(47)36(51)39(54)35(31)50)44-56-43(57-45(58-44)30-33(48)37(52)40(55)38(53)34(30)49)27-14-6-13-26-25-12-5-11-19(41(25)59-42(26)27)18-15-16-24-22-9-2-1-7-20(22)21-8-3-4-10-23(21)28(24)17-18/h1-17H. The Morgan fingerprint density at radius 1 is 0.305 bits per heavy atom. The van der Waals surface area contributed by atoms with Gasteiger partial charge in [-0.2, -0.15) is 0 Å². The minimum Gasteiger partial charge on any atom is -0.455 e. The lowest BCUT2D eigenvalue weighted by atomic mass is 9.60. The average Bonchev–Trinajstić information content (AvgIpc) is 3.65. The summed E-state index contributed by atoms with van der Waals surface area (Å²) in [6.45, 7) is 0. The number of fused-ring (bicyclic) bond motifs is 9. The normalized spacial score (nSPS) is 11.7. The Bertz CT molecular complexity index is 3300. The molecule has 10 aromatic rings. The maximum atomic E-state index is 6.88. The molecule has 20 radical (unpaired) electrons. The van der Waals surface area contributed by atoms with E-state index in [2.05, 4.69) is 72.8 Å². The van der Waals surface area contributed by atoms with Gasteiger partial charge in [0.25, 0.3) is 0 Å². The van der Waals surface area contributed by atoms with E-state index in [9.17, 15) is 0 Å². The van der Waals surface area contributed by atoms with Crippen molar-refractivity contribution in [2.24, 2.45) is 0 Å². The minimum absolute atomic E-state index is 0.00381. The highest BCUT2D eigenvalue weighted by Gasteiger charge is 2.23. The van der Waals surface area contributed by atoms with E-state index < -0.39 is 0 Å². The van der Waals surface area contributed by atoms with Crippen LogP contribution in [-0.2, 0) is 0 Å². The molecule has 0 spiro atoms. The fraction of sp³-hybridized carbons (Fsp3) is 0. The molecule has 0 saturated carbocycles. The van der Waals surface area contributed by atoms with Crippen molar-refractivity contribution in [3.63, 3.8) is 0 Å². The van der Waals surface area contributed by atoms with Gasteiger partial charge in [0.2, 0.25) is 0 Å². The van der Waals surface area contributed by atoms with Gasteiger partial charge in [0, 0.05) is 27.5 Å². The summed E-state index contributed by atoms with van der Waals surface area (Å²) in [4.78, 5) is 14.5. The summed E-state index contributed by atoms with van der Waals surface area (Å²) in [5, 5.41) is 8.77. The first-order chi connectivity index (χ1) is 28.4. The zero-order valence-corrected chi connectivity index (χ0v) is 31.3. The van der Waals surface area contributed by atoms with Gasteiger partial charge in [-0.25, -0.2) is 15.0 Å². The summed E-state index contributed by atoms with van der Waals surface area (Å²) in [6.07, 6.45) is 0. The van der Waals surface area contributed by atoms with Crippen LogP contribution in [0.4, 0.5) is 0 Å². The number of para-hydroxylation sites is 2. The van der Waals surface area contributed by atoms with Crippen LogP contribution in [0.3, 0.4) is 0 Å². The molecule has 14 heteroatoms. The van der Waals surface area contributed by atoms with Crippen molar-refractivity contribution in [3.8, 4) is 45.3 Å². The van der Waals surface area contributed by atoms with Crippen LogP contribution in [0.1, 0.15) is 0 Å². The molecule has 59 heavy (non-hydrogen) atoms. The summed E-state index contributed by atoms with van der Waals surface area (Å²) in [5.41, 5.74) is 3.99. The van der Waals surface area contributed by atoms with E-state index in [1.165, 1.54) is 26.9 Å². The van der Waals surface area contributed by atoms with Gasteiger partial charge in [-0.3, -0.25) is 0 Å². The zero-order chi connectivity index (χ0) is 41.0. The molecule has 0 fully saturated rings. The fourth-order valence-electron chi connectivity index (χ4n) is 8.20.